The Morgan fingerprint density at radius 1 is 1.43 bits per heavy atom. The van der Waals surface area contributed by atoms with Crippen molar-refractivity contribution in [3.05, 3.63) is 12.0 Å². The van der Waals surface area contributed by atoms with E-state index in [2.05, 4.69) is 16.0 Å². The molecule has 0 spiro atoms. The summed E-state index contributed by atoms with van der Waals surface area (Å²) in [5.41, 5.74) is 0. The molecule has 0 aromatic carbocycles. The molecular weight excluding hydrogens is 186 g/mol. The minimum absolute atomic E-state index is 0.483. The summed E-state index contributed by atoms with van der Waals surface area (Å²) in [6, 6.07) is -1.15. The predicted octanol–water partition coefficient (Wildman–Crippen LogP) is -1.29. The summed E-state index contributed by atoms with van der Waals surface area (Å²) in [6.45, 7) is 0. The van der Waals surface area contributed by atoms with Gasteiger partial charge in [0, 0.05) is 13.1 Å². The monoisotopic (exact) mass is 201 g/mol. The maximum absolute atomic E-state index is 10.6. The van der Waals surface area contributed by atoms with Crippen LogP contribution in [-0.2, 0) is 14.3 Å². The number of aldehydes is 1. The summed E-state index contributed by atoms with van der Waals surface area (Å²) in [6.07, 6.45) is 1.62. The number of hydrogen-bond acceptors (Lipinski definition) is 6. The summed E-state index contributed by atoms with van der Waals surface area (Å²) < 4.78 is 10.7. The molecule has 1 heterocycles. The Morgan fingerprint density at radius 2 is 2.07 bits per heavy atom. The van der Waals surface area contributed by atoms with Gasteiger partial charge < -0.3 is 14.8 Å². The molecule has 80 valence electrons. The quantitative estimate of drug-likeness (QED) is 0.388. The molecule has 0 radical (unpaired) electrons. The van der Waals surface area contributed by atoms with E-state index in [9.17, 15) is 4.79 Å². The number of hydrogen-bond donors (Lipinski definition) is 3. The lowest BCUT2D eigenvalue weighted by molar-refractivity contribution is -0.273. The number of carbonyl (C=O) groups excluding carboxylic acids is 1. The van der Waals surface area contributed by atoms with E-state index in [-0.39, 0.29) is 0 Å². The molecule has 0 aliphatic carbocycles. The van der Waals surface area contributed by atoms with E-state index in [1.165, 1.54) is 0 Å². The highest BCUT2D eigenvalue weighted by molar-refractivity contribution is 5.59. The van der Waals surface area contributed by atoms with Gasteiger partial charge in [-0.1, -0.05) is 0 Å². The van der Waals surface area contributed by atoms with Crippen molar-refractivity contribution in [2.75, 3.05) is 21.1 Å². The number of rotatable bonds is 4. The highest BCUT2D eigenvalue weighted by Crippen LogP contribution is 2.18. The van der Waals surface area contributed by atoms with E-state index in [0.717, 1.165) is 0 Å². The van der Waals surface area contributed by atoms with Gasteiger partial charge >= 0.3 is 6.03 Å². The molecule has 14 heavy (non-hydrogen) atoms. The normalized spacial score (nSPS) is 24.8. The van der Waals surface area contributed by atoms with Crippen LogP contribution in [0.4, 0.5) is 0 Å². The first kappa shape index (κ1) is 11.0. The van der Waals surface area contributed by atoms with Crippen LogP contribution in [0.3, 0.4) is 0 Å². The molecule has 0 saturated carbocycles. The molecule has 0 aromatic rings. The highest BCUT2D eigenvalue weighted by atomic mass is 16.8. The van der Waals surface area contributed by atoms with E-state index in [0.29, 0.717) is 12.2 Å². The van der Waals surface area contributed by atoms with Gasteiger partial charge in [-0.25, -0.2) is 10.6 Å². The SMILES string of the molecule is CNC1=CC(C=O)OC(NC)(NC)O1. The molecule has 0 fully saturated rings. The molecule has 1 aliphatic rings. The van der Waals surface area contributed by atoms with Gasteiger partial charge in [-0.15, -0.1) is 0 Å². The Hall–Kier alpha value is -1.11. The van der Waals surface area contributed by atoms with E-state index < -0.39 is 12.1 Å². The lowest BCUT2D eigenvalue weighted by Gasteiger charge is -2.37. The van der Waals surface area contributed by atoms with Gasteiger partial charge in [0.1, 0.15) is 6.10 Å². The number of nitrogens with one attached hydrogen (secondary N) is 3. The van der Waals surface area contributed by atoms with Gasteiger partial charge in [-0.2, -0.15) is 0 Å². The van der Waals surface area contributed by atoms with Gasteiger partial charge in [-0.3, -0.25) is 4.74 Å². The Kier molecular flexibility index (Phi) is 3.45. The van der Waals surface area contributed by atoms with Crippen LogP contribution in [0.5, 0.6) is 0 Å². The van der Waals surface area contributed by atoms with Crippen molar-refractivity contribution in [2.24, 2.45) is 0 Å². The molecule has 3 N–H and O–H groups in total. The van der Waals surface area contributed by atoms with E-state index >= 15 is 0 Å². The largest absolute Gasteiger partial charge is 0.421 e. The van der Waals surface area contributed by atoms with Crippen molar-refractivity contribution >= 4 is 6.29 Å². The van der Waals surface area contributed by atoms with Crippen LogP contribution in [-0.4, -0.2) is 39.6 Å². The molecule has 0 amide bonds. The fourth-order valence-corrected chi connectivity index (χ4v) is 1.13. The van der Waals surface area contributed by atoms with Crippen molar-refractivity contribution in [1.82, 2.24) is 16.0 Å². The molecule has 1 atom stereocenters. The lowest BCUT2D eigenvalue weighted by Crippen LogP contribution is -2.61. The molecule has 1 unspecified atom stereocenters. The van der Waals surface area contributed by atoms with Crippen LogP contribution in [0.25, 0.3) is 0 Å². The van der Waals surface area contributed by atoms with Gasteiger partial charge in [0.15, 0.2) is 12.2 Å². The predicted molar refractivity (Wildman–Crippen MR) is 50.0 cm³/mol. The second-order valence-electron chi connectivity index (χ2n) is 2.72. The molecule has 6 heteroatoms. The third-order valence-electron chi connectivity index (χ3n) is 1.91. The zero-order valence-corrected chi connectivity index (χ0v) is 8.46. The molecule has 1 rings (SSSR count). The fourth-order valence-electron chi connectivity index (χ4n) is 1.13. The maximum Gasteiger partial charge on any atom is 0.338 e. The summed E-state index contributed by atoms with van der Waals surface area (Å²) in [4.78, 5) is 10.6. The van der Waals surface area contributed by atoms with Crippen molar-refractivity contribution in [2.45, 2.75) is 12.1 Å². The second-order valence-corrected chi connectivity index (χ2v) is 2.72. The fraction of sp³-hybridized carbons (Fsp3) is 0.625. The zero-order valence-electron chi connectivity index (χ0n) is 8.46. The van der Waals surface area contributed by atoms with Crippen molar-refractivity contribution < 1.29 is 14.3 Å². The lowest BCUT2D eigenvalue weighted by atomic mass is 10.3. The summed E-state index contributed by atoms with van der Waals surface area (Å²) in [5.74, 6) is 0.483. The maximum atomic E-state index is 10.6. The van der Waals surface area contributed by atoms with Gasteiger partial charge in [0.2, 0.25) is 0 Å². The van der Waals surface area contributed by atoms with Crippen LogP contribution in [0, 0.1) is 0 Å². The van der Waals surface area contributed by atoms with Crippen LogP contribution < -0.4 is 16.0 Å². The third kappa shape index (κ3) is 2.03. The average molecular weight is 201 g/mol. The van der Waals surface area contributed by atoms with Crippen LogP contribution >= 0.6 is 0 Å². The first-order valence-electron chi connectivity index (χ1n) is 4.29. The molecule has 0 saturated heterocycles. The third-order valence-corrected chi connectivity index (χ3v) is 1.91. The van der Waals surface area contributed by atoms with Crippen molar-refractivity contribution in [3.63, 3.8) is 0 Å². The Labute approximate surface area is 82.6 Å². The van der Waals surface area contributed by atoms with Gasteiger partial charge in [0.25, 0.3) is 0 Å². The summed E-state index contributed by atoms with van der Waals surface area (Å²) >= 11 is 0. The van der Waals surface area contributed by atoms with Crippen LogP contribution in [0.1, 0.15) is 0 Å². The van der Waals surface area contributed by atoms with Crippen molar-refractivity contribution in [1.29, 1.82) is 0 Å². The topological polar surface area (TPSA) is 71.6 Å². The minimum atomic E-state index is -1.15. The molecule has 1 aliphatic heterocycles. The highest BCUT2D eigenvalue weighted by Gasteiger charge is 2.37. The molecule has 6 nitrogen and oxygen atoms in total. The first-order chi connectivity index (χ1) is 6.69. The molecular formula is C8H15N3O3. The second kappa shape index (κ2) is 4.41. The summed E-state index contributed by atoms with van der Waals surface area (Å²) in [5, 5.41) is 8.41. The van der Waals surface area contributed by atoms with Crippen molar-refractivity contribution in [3.8, 4) is 0 Å². The molecule has 0 aromatic heterocycles. The smallest absolute Gasteiger partial charge is 0.338 e. The molecule has 0 bridgehead atoms. The van der Waals surface area contributed by atoms with E-state index in [1.807, 2.05) is 0 Å². The van der Waals surface area contributed by atoms with Gasteiger partial charge in [-0.05, 0) is 14.1 Å². The first-order valence-corrected chi connectivity index (χ1v) is 4.29. The summed E-state index contributed by atoms with van der Waals surface area (Å²) in [7, 11) is 5.03. The van der Waals surface area contributed by atoms with E-state index in [1.54, 1.807) is 27.2 Å². The zero-order chi connectivity index (χ0) is 10.6. The minimum Gasteiger partial charge on any atom is -0.421 e. The Balaban J connectivity index is 2.85. The standard InChI is InChI=1S/C8H15N3O3/c1-9-7-4-6(5-12)13-8(10-2,11-3)14-7/h4-6,9-11H,1-3H3. The van der Waals surface area contributed by atoms with Crippen LogP contribution in [0.15, 0.2) is 12.0 Å². The van der Waals surface area contributed by atoms with Gasteiger partial charge in [0.05, 0.1) is 0 Å². The van der Waals surface area contributed by atoms with E-state index in [4.69, 9.17) is 9.47 Å². The Bertz CT molecular complexity index is 238. The average Bonchev–Trinajstić information content (AvgIpc) is 2.28. The number of carbonyl (C=O) groups is 1. The Morgan fingerprint density at radius 3 is 2.50 bits per heavy atom. The van der Waals surface area contributed by atoms with Crippen LogP contribution in [0.2, 0.25) is 0 Å². The number of ether oxygens (including phenoxy) is 2.